The van der Waals surface area contributed by atoms with Crippen LogP contribution in [0, 0.1) is 5.92 Å². The second kappa shape index (κ2) is 5.29. The molecule has 80 valence electrons. The number of rotatable bonds is 4. The molecular formula is C12H17N3. The third kappa shape index (κ3) is 2.91. The van der Waals surface area contributed by atoms with Crippen molar-refractivity contribution in [2.75, 3.05) is 0 Å². The van der Waals surface area contributed by atoms with Gasteiger partial charge in [0.2, 0.25) is 0 Å². The van der Waals surface area contributed by atoms with Gasteiger partial charge in [-0.3, -0.25) is 4.57 Å². The summed E-state index contributed by atoms with van der Waals surface area (Å²) in [5.74, 6) is 1.28. The maximum absolute atomic E-state index is 4.00. The summed E-state index contributed by atoms with van der Waals surface area (Å²) in [5.41, 5.74) is 1.17. The van der Waals surface area contributed by atoms with Gasteiger partial charge in [0.1, 0.15) is 6.33 Å². The molecule has 0 N–H and O–H groups in total. The Labute approximate surface area is 90.8 Å². The zero-order valence-electron chi connectivity index (χ0n) is 9.51. The quantitative estimate of drug-likeness (QED) is 0.704. The van der Waals surface area contributed by atoms with Gasteiger partial charge in [0.05, 0.1) is 0 Å². The fourth-order valence-corrected chi connectivity index (χ4v) is 1.22. The highest BCUT2D eigenvalue weighted by atomic mass is 15.2. The monoisotopic (exact) mass is 203 g/mol. The van der Waals surface area contributed by atoms with E-state index in [9.17, 15) is 0 Å². The van der Waals surface area contributed by atoms with Crippen molar-refractivity contribution in [2.24, 2.45) is 5.92 Å². The summed E-state index contributed by atoms with van der Waals surface area (Å²) >= 11 is 0. The number of allylic oxidation sites excluding steroid dienone is 3. The fraction of sp³-hybridized carbons (Fsp3) is 0.333. The van der Waals surface area contributed by atoms with E-state index in [0.29, 0.717) is 5.92 Å². The number of hydrogen-bond acceptors (Lipinski definition) is 2. The summed E-state index contributed by atoms with van der Waals surface area (Å²) in [5, 5.41) is 7.87. The van der Waals surface area contributed by atoms with Crippen LogP contribution in [-0.4, -0.2) is 14.8 Å². The molecule has 0 atom stereocenters. The highest BCUT2D eigenvalue weighted by Crippen LogP contribution is 2.12. The maximum atomic E-state index is 4.00. The minimum Gasteiger partial charge on any atom is -0.289 e. The van der Waals surface area contributed by atoms with E-state index < -0.39 is 0 Å². The van der Waals surface area contributed by atoms with Crippen molar-refractivity contribution in [2.45, 2.75) is 20.8 Å². The lowest BCUT2D eigenvalue weighted by Crippen LogP contribution is -1.95. The van der Waals surface area contributed by atoms with Crippen LogP contribution >= 0.6 is 0 Å². The molecule has 0 unspecified atom stereocenters. The normalized spacial score (nSPS) is 12.7. The largest absolute Gasteiger partial charge is 0.289 e. The topological polar surface area (TPSA) is 30.7 Å². The molecule has 3 nitrogen and oxygen atoms in total. The third-order valence-electron chi connectivity index (χ3n) is 2.11. The van der Waals surface area contributed by atoms with Crippen LogP contribution in [0.2, 0.25) is 0 Å². The summed E-state index contributed by atoms with van der Waals surface area (Å²) in [6.07, 6.45) is 9.43. The molecule has 15 heavy (non-hydrogen) atoms. The van der Waals surface area contributed by atoms with Gasteiger partial charge in [-0.2, -0.15) is 0 Å². The van der Waals surface area contributed by atoms with E-state index in [1.165, 1.54) is 5.57 Å². The molecule has 0 saturated carbocycles. The van der Waals surface area contributed by atoms with Gasteiger partial charge in [-0.05, 0) is 24.5 Å². The second-order valence-corrected chi connectivity index (χ2v) is 3.58. The second-order valence-electron chi connectivity index (χ2n) is 3.58. The minimum absolute atomic E-state index is 0.448. The molecule has 0 aromatic carbocycles. The Morgan fingerprint density at radius 2 is 2.27 bits per heavy atom. The highest BCUT2D eigenvalue weighted by molar-refractivity contribution is 5.47. The average Bonchev–Trinajstić information content (AvgIpc) is 2.62. The van der Waals surface area contributed by atoms with Crippen LogP contribution in [0.3, 0.4) is 0 Å². The highest BCUT2D eigenvalue weighted by Gasteiger charge is 2.01. The number of hydrogen-bond donors (Lipinski definition) is 0. The van der Waals surface area contributed by atoms with Gasteiger partial charge in [0.15, 0.2) is 5.82 Å². The molecule has 0 radical (unpaired) electrons. The first kappa shape index (κ1) is 11.4. The maximum Gasteiger partial charge on any atom is 0.160 e. The molecule has 1 aromatic heterocycles. The Morgan fingerprint density at radius 3 is 2.80 bits per heavy atom. The van der Waals surface area contributed by atoms with Gasteiger partial charge in [-0.15, -0.1) is 10.2 Å². The summed E-state index contributed by atoms with van der Waals surface area (Å²) in [6, 6.07) is 0. The van der Waals surface area contributed by atoms with Crippen LogP contribution in [-0.2, 0) is 0 Å². The van der Waals surface area contributed by atoms with E-state index in [0.717, 1.165) is 5.82 Å². The number of nitrogens with zero attached hydrogens (tertiary/aromatic N) is 3. The Bertz CT molecular complexity index is 383. The van der Waals surface area contributed by atoms with Crippen molar-refractivity contribution in [1.29, 1.82) is 0 Å². The molecule has 0 saturated heterocycles. The molecule has 0 bridgehead atoms. The van der Waals surface area contributed by atoms with E-state index in [2.05, 4.69) is 30.6 Å². The smallest absolute Gasteiger partial charge is 0.160 e. The third-order valence-corrected chi connectivity index (χ3v) is 2.11. The fourth-order valence-electron chi connectivity index (χ4n) is 1.22. The van der Waals surface area contributed by atoms with Crippen molar-refractivity contribution in [3.05, 3.63) is 36.5 Å². The van der Waals surface area contributed by atoms with Crippen molar-refractivity contribution in [1.82, 2.24) is 14.8 Å². The van der Waals surface area contributed by atoms with Crippen molar-refractivity contribution in [3.63, 3.8) is 0 Å². The van der Waals surface area contributed by atoms with E-state index in [4.69, 9.17) is 0 Å². The van der Waals surface area contributed by atoms with Gasteiger partial charge in [0, 0.05) is 6.20 Å². The van der Waals surface area contributed by atoms with Crippen LogP contribution in [0.1, 0.15) is 26.6 Å². The first-order valence-electron chi connectivity index (χ1n) is 5.05. The lowest BCUT2D eigenvalue weighted by Gasteiger charge is -2.06. The van der Waals surface area contributed by atoms with E-state index in [1.54, 1.807) is 6.33 Å². The first-order valence-corrected chi connectivity index (χ1v) is 5.05. The zero-order chi connectivity index (χ0) is 11.3. The van der Waals surface area contributed by atoms with Crippen LogP contribution < -0.4 is 0 Å². The SMILES string of the molecule is C=C/C(=C\n1cnnc1/C=C\C)C(C)C. The summed E-state index contributed by atoms with van der Waals surface area (Å²) in [7, 11) is 0. The predicted octanol–water partition coefficient (Wildman–Crippen LogP) is 2.99. The lowest BCUT2D eigenvalue weighted by molar-refractivity contribution is 0.792. The van der Waals surface area contributed by atoms with Gasteiger partial charge >= 0.3 is 0 Å². The van der Waals surface area contributed by atoms with Gasteiger partial charge in [-0.25, -0.2) is 0 Å². The van der Waals surface area contributed by atoms with Crippen molar-refractivity contribution < 1.29 is 0 Å². The van der Waals surface area contributed by atoms with Crippen LogP contribution in [0.15, 0.2) is 30.6 Å². The Morgan fingerprint density at radius 1 is 1.53 bits per heavy atom. The van der Waals surface area contributed by atoms with E-state index in [1.807, 2.05) is 35.9 Å². The average molecular weight is 203 g/mol. The van der Waals surface area contributed by atoms with Gasteiger partial charge < -0.3 is 0 Å². The van der Waals surface area contributed by atoms with Crippen LogP contribution in [0.5, 0.6) is 0 Å². The first-order chi connectivity index (χ1) is 7.19. The molecule has 0 fully saturated rings. The van der Waals surface area contributed by atoms with Gasteiger partial charge in [-0.1, -0.05) is 32.6 Å². The molecule has 0 aliphatic rings. The molecule has 3 heteroatoms. The Hall–Kier alpha value is -1.64. The lowest BCUT2D eigenvalue weighted by atomic mass is 10.1. The molecule has 0 aliphatic carbocycles. The predicted molar refractivity (Wildman–Crippen MR) is 64.0 cm³/mol. The molecule has 1 rings (SSSR count). The molecule has 1 heterocycles. The summed E-state index contributed by atoms with van der Waals surface area (Å²) in [4.78, 5) is 0. The Balaban J connectivity index is 3.05. The summed E-state index contributed by atoms with van der Waals surface area (Å²) < 4.78 is 1.90. The molecule has 0 spiro atoms. The molecule has 0 aliphatic heterocycles. The van der Waals surface area contributed by atoms with Gasteiger partial charge in [0.25, 0.3) is 0 Å². The van der Waals surface area contributed by atoms with E-state index in [-0.39, 0.29) is 0 Å². The van der Waals surface area contributed by atoms with Crippen molar-refractivity contribution >= 4 is 12.3 Å². The van der Waals surface area contributed by atoms with Crippen LogP contribution in [0.4, 0.5) is 0 Å². The van der Waals surface area contributed by atoms with E-state index >= 15 is 0 Å². The number of aromatic nitrogens is 3. The zero-order valence-corrected chi connectivity index (χ0v) is 9.51. The summed E-state index contributed by atoms with van der Waals surface area (Å²) in [6.45, 7) is 10.0. The molecular weight excluding hydrogens is 186 g/mol. The van der Waals surface area contributed by atoms with Crippen LogP contribution in [0.25, 0.3) is 12.3 Å². The Kier molecular flexibility index (Phi) is 4.03. The molecule has 1 aromatic rings. The minimum atomic E-state index is 0.448. The standard InChI is InChI=1S/C12H17N3/c1-5-7-12-14-13-9-15(12)8-11(6-2)10(3)4/h5-10H,2H2,1,3-4H3/b7-5-,11-8+. The van der Waals surface area contributed by atoms with Crippen molar-refractivity contribution in [3.8, 4) is 0 Å². The molecule has 0 amide bonds.